The van der Waals surface area contributed by atoms with Gasteiger partial charge in [0.15, 0.2) is 17.3 Å². The van der Waals surface area contributed by atoms with Crippen molar-refractivity contribution < 1.29 is 14.3 Å². The fourth-order valence-corrected chi connectivity index (χ4v) is 2.78. The predicted molar refractivity (Wildman–Crippen MR) is 101 cm³/mol. The maximum atomic E-state index is 12.7. The molecular weight excluding hydrogens is 314 g/mol. The molecule has 4 heteroatoms. The lowest BCUT2D eigenvalue weighted by Crippen LogP contribution is -2.21. The van der Waals surface area contributed by atoms with E-state index >= 15 is 0 Å². The first-order chi connectivity index (χ1) is 12.1. The zero-order valence-electron chi connectivity index (χ0n) is 15.5. The Labute approximate surface area is 150 Å². The summed E-state index contributed by atoms with van der Waals surface area (Å²) in [6.07, 6.45) is 2.15. The molecule has 0 aromatic heterocycles. The lowest BCUT2D eigenvalue weighted by atomic mass is 10.0. The number of carbonyl (C=O) groups is 1. The Kier molecular flexibility index (Phi) is 7.02. The van der Waals surface area contributed by atoms with E-state index in [4.69, 9.17) is 9.47 Å². The van der Waals surface area contributed by atoms with Gasteiger partial charge in [0, 0.05) is 17.7 Å². The highest BCUT2D eigenvalue weighted by atomic mass is 16.5. The van der Waals surface area contributed by atoms with Crippen molar-refractivity contribution in [2.75, 3.05) is 34.4 Å². The van der Waals surface area contributed by atoms with Crippen molar-refractivity contribution in [1.29, 1.82) is 0 Å². The Bertz CT molecular complexity index is 695. The zero-order valence-corrected chi connectivity index (χ0v) is 15.5. The molecular formula is C21H27NO3. The number of ketones is 1. The van der Waals surface area contributed by atoms with Crippen LogP contribution in [0.1, 0.15) is 34.8 Å². The summed E-state index contributed by atoms with van der Waals surface area (Å²) in [6.45, 7) is 4.32. The second-order valence-corrected chi connectivity index (χ2v) is 6.15. The van der Waals surface area contributed by atoms with Crippen LogP contribution < -0.4 is 9.47 Å². The van der Waals surface area contributed by atoms with Gasteiger partial charge in [-0.25, -0.2) is 0 Å². The molecule has 4 nitrogen and oxygen atoms in total. The molecule has 0 saturated carbocycles. The monoisotopic (exact) mass is 341 g/mol. The number of ether oxygens (including phenoxy) is 2. The van der Waals surface area contributed by atoms with E-state index in [1.54, 1.807) is 32.4 Å². The average Bonchev–Trinajstić information content (AvgIpc) is 2.65. The van der Waals surface area contributed by atoms with Gasteiger partial charge in [0.2, 0.25) is 0 Å². The molecule has 2 aromatic carbocycles. The van der Waals surface area contributed by atoms with E-state index in [2.05, 4.69) is 18.9 Å². The largest absolute Gasteiger partial charge is 0.493 e. The molecule has 0 radical (unpaired) electrons. The summed E-state index contributed by atoms with van der Waals surface area (Å²) in [6, 6.07) is 13.1. The quantitative estimate of drug-likeness (QED) is 0.650. The Morgan fingerprint density at radius 2 is 1.56 bits per heavy atom. The second-order valence-electron chi connectivity index (χ2n) is 6.15. The summed E-state index contributed by atoms with van der Waals surface area (Å²) in [5.41, 5.74) is 2.51. The normalized spacial score (nSPS) is 10.8. The fourth-order valence-electron chi connectivity index (χ4n) is 2.78. The zero-order chi connectivity index (χ0) is 18.2. The number of methoxy groups -OCH3 is 2. The number of carbonyl (C=O) groups excluding carboxylic acids is 1. The highest BCUT2D eigenvalue weighted by molar-refractivity contribution is 6.09. The Morgan fingerprint density at radius 1 is 0.920 bits per heavy atom. The van der Waals surface area contributed by atoms with Gasteiger partial charge >= 0.3 is 0 Å². The van der Waals surface area contributed by atoms with Crippen LogP contribution in [0, 0.1) is 0 Å². The van der Waals surface area contributed by atoms with Crippen molar-refractivity contribution in [2.24, 2.45) is 0 Å². The first-order valence-corrected chi connectivity index (χ1v) is 8.63. The number of hydrogen-bond donors (Lipinski definition) is 0. The number of rotatable bonds is 9. The lowest BCUT2D eigenvalue weighted by molar-refractivity contribution is 0.103. The van der Waals surface area contributed by atoms with Gasteiger partial charge in [-0.05, 0) is 50.2 Å². The molecule has 0 heterocycles. The Morgan fingerprint density at radius 3 is 2.16 bits per heavy atom. The first kappa shape index (κ1) is 19.0. The molecule has 0 aliphatic heterocycles. The van der Waals surface area contributed by atoms with E-state index in [0.717, 1.165) is 25.9 Å². The smallest absolute Gasteiger partial charge is 0.193 e. The van der Waals surface area contributed by atoms with Crippen LogP contribution in [0.15, 0.2) is 42.5 Å². The molecule has 134 valence electrons. The van der Waals surface area contributed by atoms with Crippen molar-refractivity contribution in [2.45, 2.75) is 19.8 Å². The maximum Gasteiger partial charge on any atom is 0.193 e. The van der Waals surface area contributed by atoms with Crippen LogP contribution in [0.5, 0.6) is 11.5 Å². The number of likely N-dealkylation sites (N-methyl/N-ethyl adjacent to an activating group) is 1. The van der Waals surface area contributed by atoms with Gasteiger partial charge in [0.05, 0.1) is 14.2 Å². The number of nitrogens with zero attached hydrogens (tertiary/aromatic N) is 1. The number of hydrogen-bond acceptors (Lipinski definition) is 4. The van der Waals surface area contributed by atoms with Crippen molar-refractivity contribution in [1.82, 2.24) is 4.90 Å². The molecule has 0 bridgehead atoms. The molecule has 0 aliphatic rings. The predicted octanol–water partition coefficient (Wildman–Crippen LogP) is 3.82. The van der Waals surface area contributed by atoms with Gasteiger partial charge in [-0.15, -0.1) is 0 Å². The van der Waals surface area contributed by atoms with Crippen LogP contribution in [0.25, 0.3) is 0 Å². The lowest BCUT2D eigenvalue weighted by Gasteiger charge is -2.15. The van der Waals surface area contributed by atoms with Gasteiger partial charge in [-0.2, -0.15) is 0 Å². The van der Waals surface area contributed by atoms with E-state index < -0.39 is 0 Å². The second kappa shape index (κ2) is 9.23. The molecule has 0 spiro atoms. The van der Waals surface area contributed by atoms with Crippen LogP contribution in [0.3, 0.4) is 0 Å². The molecule has 0 N–H and O–H groups in total. The average molecular weight is 341 g/mol. The van der Waals surface area contributed by atoms with Gasteiger partial charge < -0.3 is 14.4 Å². The summed E-state index contributed by atoms with van der Waals surface area (Å²) in [5.74, 6) is 1.16. The van der Waals surface area contributed by atoms with E-state index in [1.807, 2.05) is 24.3 Å². The van der Waals surface area contributed by atoms with E-state index in [-0.39, 0.29) is 5.78 Å². The van der Waals surface area contributed by atoms with E-state index in [9.17, 15) is 4.79 Å². The molecule has 0 amide bonds. The Balaban J connectivity index is 2.07. The van der Waals surface area contributed by atoms with Crippen LogP contribution >= 0.6 is 0 Å². The molecule has 0 saturated heterocycles. The third-order valence-corrected chi connectivity index (χ3v) is 4.25. The van der Waals surface area contributed by atoms with Crippen molar-refractivity contribution in [3.05, 3.63) is 59.2 Å². The van der Waals surface area contributed by atoms with Crippen molar-refractivity contribution in [3.63, 3.8) is 0 Å². The van der Waals surface area contributed by atoms with Crippen molar-refractivity contribution in [3.8, 4) is 11.5 Å². The third-order valence-electron chi connectivity index (χ3n) is 4.25. The first-order valence-electron chi connectivity index (χ1n) is 8.63. The molecule has 2 aromatic rings. The minimum atomic E-state index is -0.0180. The summed E-state index contributed by atoms with van der Waals surface area (Å²) < 4.78 is 10.5. The van der Waals surface area contributed by atoms with Crippen LogP contribution in [0.4, 0.5) is 0 Å². The highest BCUT2D eigenvalue weighted by Gasteiger charge is 2.13. The molecule has 0 unspecified atom stereocenters. The third kappa shape index (κ3) is 5.07. The molecule has 0 atom stereocenters. The molecule has 0 aliphatic carbocycles. The fraction of sp³-hybridized carbons (Fsp3) is 0.381. The van der Waals surface area contributed by atoms with E-state index in [0.29, 0.717) is 22.6 Å². The summed E-state index contributed by atoms with van der Waals surface area (Å²) in [4.78, 5) is 15.0. The topological polar surface area (TPSA) is 38.8 Å². The van der Waals surface area contributed by atoms with Gasteiger partial charge in [0.25, 0.3) is 0 Å². The summed E-state index contributed by atoms with van der Waals surface area (Å²) >= 11 is 0. The van der Waals surface area contributed by atoms with E-state index in [1.165, 1.54) is 5.56 Å². The van der Waals surface area contributed by atoms with Gasteiger partial charge in [-0.3, -0.25) is 4.79 Å². The molecule has 25 heavy (non-hydrogen) atoms. The van der Waals surface area contributed by atoms with Crippen LogP contribution in [0.2, 0.25) is 0 Å². The molecule has 2 rings (SSSR count). The van der Waals surface area contributed by atoms with Crippen LogP contribution in [-0.4, -0.2) is 45.0 Å². The van der Waals surface area contributed by atoms with Crippen LogP contribution in [-0.2, 0) is 6.42 Å². The summed E-state index contributed by atoms with van der Waals surface area (Å²) in [5, 5.41) is 0. The van der Waals surface area contributed by atoms with Gasteiger partial charge in [0.1, 0.15) is 0 Å². The minimum Gasteiger partial charge on any atom is -0.493 e. The minimum absolute atomic E-state index is 0.0180. The molecule has 0 fully saturated rings. The van der Waals surface area contributed by atoms with Crippen molar-refractivity contribution >= 4 is 5.78 Å². The highest BCUT2D eigenvalue weighted by Crippen LogP contribution is 2.28. The van der Waals surface area contributed by atoms with Gasteiger partial charge in [-0.1, -0.05) is 31.2 Å². The standard InChI is InChI=1S/C21H27NO3/c1-5-13-22(2)14-12-16-6-8-17(9-7-16)21(23)18-10-11-19(24-3)20(15-18)25-4/h6-11,15H,5,12-14H2,1-4H3. The summed E-state index contributed by atoms with van der Waals surface area (Å²) in [7, 11) is 5.28. The SMILES string of the molecule is CCCN(C)CCc1ccc(C(=O)c2ccc(OC)c(OC)c2)cc1. The Hall–Kier alpha value is -2.33. The number of benzene rings is 2. The maximum absolute atomic E-state index is 12.7.